The van der Waals surface area contributed by atoms with Crippen LogP contribution in [-0.2, 0) is 9.53 Å². The van der Waals surface area contributed by atoms with Gasteiger partial charge in [-0.1, -0.05) is 6.92 Å². The van der Waals surface area contributed by atoms with Crippen molar-refractivity contribution in [2.24, 2.45) is 0 Å². The third-order valence-electron chi connectivity index (χ3n) is 2.57. The van der Waals surface area contributed by atoms with Gasteiger partial charge in [0.15, 0.2) is 6.61 Å². The summed E-state index contributed by atoms with van der Waals surface area (Å²) in [5.74, 6) is -0.683. The second kappa shape index (κ2) is 9.45. The van der Waals surface area contributed by atoms with Gasteiger partial charge in [-0.05, 0) is 44.5 Å². The molecular formula is C16H22N2O5. The van der Waals surface area contributed by atoms with Gasteiger partial charge in [0.25, 0.3) is 5.91 Å². The van der Waals surface area contributed by atoms with E-state index in [1.807, 2.05) is 6.92 Å². The maximum Gasteiger partial charge on any atom is 0.338 e. The lowest BCUT2D eigenvalue weighted by atomic mass is 10.2. The molecule has 7 nitrogen and oxygen atoms in total. The molecule has 1 rings (SSSR count). The summed E-state index contributed by atoms with van der Waals surface area (Å²) in [5, 5.41) is 4.55. The minimum atomic E-state index is -0.695. The number of amides is 3. The highest BCUT2D eigenvalue weighted by atomic mass is 16.5. The Morgan fingerprint density at radius 1 is 1.13 bits per heavy atom. The molecule has 1 aromatic carbocycles. The first-order valence-electron chi connectivity index (χ1n) is 7.42. The highest BCUT2D eigenvalue weighted by Crippen LogP contribution is 2.13. The number of rotatable bonds is 7. The Kier molecular flexibility index (Phi) is 7.59. The molecule has 0 radical (unpaired) electrons. The maximum atomic E-state index is 11.8. The van der Waals surface area contributed by atoms with Gasteiger partial charge in [-0.25, -0.2) is 9.59 Å². The van der Waals surface area contributed by atoms with Gasteiger partial charge in [0.2, 0.25) is 0 Å². The summed E-state index contributed by atoms with van der Waals surface area (Å²) in [6, 6.07) is 5.69. The third-order valence-corrected chi connectivity index (χ3v) is 2.57. The number of benzene rings is 1. The van der Waals surface area contributed by atoms with Crippen molar-refractivity contribution >= 4 is 17.9 Å². The van der Waals surface area contributed by atoms with Crippen LogP contribution >= 0.6 is 0 Å². The fourth-order valence-corrected chi connectivity index (χ4v) is 1.58. The fraction of sp³-hybridized carbons (Fsp3) is 0.438. The van der Waals surface area contributed by atoms with E-state index in [0.29, 0.717) is 17.9 Å². The van der Waals surface area contributed by atoms with Crippen molar-refractivity contribution in [1.29, 1.82) is 0 Å². The van der Waals surface area contributed by atoms with E-state index < -0.39 is 24.5 Å². The number of ether oxygens (including phenoxy) is 2. The van der Waals surface area contributed by atoms with Crippen LogP contribution in [0.5, 0.6) is 5.75 Å². The van der Waals surface area contributed by atoms with Crippen LogP contribution < -0.4 is 15.4 Å². The molecule has 0 atom stereocenters. The van der Waals surface area contributed by atoms with E-state index in [1.54, 1.807) is 38.1 Å². The molecule has 2 N–H and O–H groups in total. The van der Waals surface area contributed by atoms with Crippen LogP contribution in [0.15, 0.2) is 24.3 Å². The van der Waals surface area contributed by atoms with Gasteiger partial charge >= 0.3 is 12.0 Å². The van der Waals surface area contributed by atoms with Gasteiger partial charge in [0, 0.05) is 6.04 Å². The van der Waals surface area contributed by atoms with Crippen molar-refractivity contribution in [3.8, 4) is 5.75 Å². The molecule has 0 spiro atoms. The van der Waals surface area contributed by atoms with Crippen LogP contribution in [0.1, 0.15) is 37.6 Å². The summed E-state index contributed by atoms with van der Waals surface area (Å²) in [4.78, 5) is 34.6. The first kappa shape index (κ1) is 18.5. The predicted octanol–water partition coefficient (Wildman–Crippen LogP) is 1.87. The summed E-state index contributed by atoms with van der Waals surface area (Å²) in [6.07, 6.45) is 0.892. The molecular weight excluding hydrogens is 300 g/mol. The Balaban J connectivity index is 2.41. The van der Waals surface area contributed by atoms with E-state index in [0.717, 1.165) is 6.42 Å². The number of esters is 1. The number of nitrogens with one attached hydrogen (secondary N) is 2. The Morgan fingerprint density at radius 2 is 1.78 bits per heavy atom. The summed E-state index contributed by atoms with van der Waals surface area (Å²) in [7, 11) is 0. The number of hydrogen-bond donors (Lipinski definition) is 2. The van der Waals surface area contributed by atoms with Crippen LogP contribution in [0.4, 0.5) is 4.79 Å². The Bertz CT molecular complexity index is 540. The third kappa shape index (κ3) is 7.30. The standard InChI is InChI=1S/C16H22N2O5/c1-4-9-22-13-7-5-12(6-8-13)15(20)23-10-14(19)18-16(21)17-11(2)3/h5-8,11H,4,9-10H2,1-3H3,(H2,17,18,19,21). The normalized spacial score (nSPS) is 10.1. The monoisotopic (exact) mass is 322 g/mol. The molecule has 126 valence electrons. The van der Waals surface area contributed by atoms with E-state index >= 15 is 0 Å². The molecule has 0 heterocycles. The first-order chi connectivity index (χ1) is 10.9. The average molecular weight is 322 g/mol. The van der Waals surface area contributed by atoms with Crippen molar-refractivity contribution in [1.82, 2.24) is 10.6 Å². The average Bonchev–Trinajstić information content (AvgIpc) is 2.50. The molecule has 0 unspecified atom stereocenters. The molecule has 0 saturated carbocycles. The number of carbonyl (C=O) groups is 3. The fourth-order valence-electron chi connectivity index (χ4n) is 1.58. The second-order valence-corrected chi connectivity index (χ2v) is 5.13. The van der Waals surface area contributed by atoms with Gasteiger partial charge < -0.3 is 14.8 Å². The van der Waals surface area contributed by atoms with Crippen LogP contribution in [-0.4, -0.2) is 37.2 Å². The smallest absolute Gasteiger partial charge is 0.338 e. The number of urea groups is 1. The van der Waals surface area contributed by atoms with E-state index in [4.69, 9.17) is 9.47 Å². The lowest BCUT2D eigenvalue weighted by molar-refractivity contribution is -0.123. The molecule has 0 aliphatic heterocycles. The Morgan fingerprint density at radius 3 is 2.35 bits per heavy atom. The topological polar surface area (TPSA) is 93.7 Å². The quantitative estimate of drug-likeness (QED) is 0.747. The summed E-state index contributed by atoms with van der Waals surface area (Å²) in [5.41, 5.74) is 0.299. The lowest BCUT2D eigenvalue weighted by Gasteiger charge is -2.09. The number of carbonyl (C=O) groups excluding carboxylic acids is 3. The van der Waals surface area contributed by atoms with E-state index in [-0.39, 0.29) is 6.04 Å². The molecule has 0 bridgehead atoms. The molecule has 0 fully saturated rings. The van der Waals surface area contributed by atoms with Crippen LogP contribution in [0.2, 0.25) is 0 Å². The number of imide groups is 1. The molecule has 0 saturated heterocycles. The van der Waals surface area contributed by atoms with Crippen molar-refractivity contribution in [2.75, 3.05) is 13.2 Å². The second-order valence-electron chi connectivity index (χ2n) is 5.13. The summed E-state index contributed by atoms with van der Waals surface area (Å²) >= 11 is 0. The van der Waals surface area contributed by atoms with Crippen molar-refractivity contribution in [3.63, 3.8) is 0 Å². The van der Waals surface area contributed by atoms with Gasteiger partial charge in [0.05, 0.1) is 12.2 Å². The molecule has 23 heavy (non-hydrogen) atoms. The van der Waals surface area contributed by atoms with E-state index in [2.05, 4.69) is 10.6 Å². The van der Waals surface area contributed by atoms with Gasteiger partial charge in [-0.15, -0.1) is 0 Å². The molecule has 0 aliphatic rings. The van der Waals surface area contributed by atoms with Crippen LogP contribution in [0.25, 0.3) is 0 Å². The van der Waals surface area contributed by atoms with Crippen molar-refractivity contribution < 1.29 is 23.9 Å². The van der Waals surface area contributed by atoms with Gasteiger partial charge in [-0.3, -0.25) is 10.1 Å². The predicted molar refractivity (Wildman–Crippen MR) is 84.3 cm³/mol. The molecule has 0 aliphatic carbocycles. The minimum Gasteiger partial charge on any atom is -0.494 e. The zero-order valence-corrected chi connectivity index (χ0v) is 13.5. The Labute approximate surface area is 135 Å². The lowest BCUT2D eigenvalue weighted by Crippen LogP contribution is -2.44. The molecule has 0 aromatic heterocycles. The van der Waals surface area contributed by atoms with Gasteiger partial charge in [0.1, 0.15) is 5.75 Å². The molecule has 1 aromatic rings. The van der Waals surface area contributed by atoms with E-state index in [1.165, 1.54) is 0 Å². The highest BCUT2D eigenvalue weighted by Gasteiger charge is 2.13. The summed E-state index contributed by atoms with van der Waals surface area (Å²) in [6.45, 7) is 5.59. The van der Waals surface area contributed by atoms with Gasteiger partial charge in [-0.2, -0.15) is 0 Å². The molecule has 3 amide bonds. The number of hydrogen-bond acceptors (Lipinski definition) is 5. The molecule has 7 heteroatoms. The van der Waals surface area contributed by atoms with Crippen LogP contribution in [0, 0.1) is 0 Å². The Hall–Kier alpha value is -2.57. The zero-order chi connectivity index (χ0) is 17.2. The van der Waals surface area contributed by atoms with Crippen LogP contribution in [0.3, 0.4) is 0 Å². The van der Waals surface area contributed by atoms with Crippen molar-refractivity contribution in [3.05, 3.63) is 29.8 Å². The largest absolute Gasteiger partial charge is 0.494 e. The first-order valence-corrected chi connectivity index (χ1v) is 7.42. The van der Waals surface area contributed by atoms with Crippen molar-refractivity contribution in [2.45, 2.75) is 33.2 Å². The van der Waals surface area contributed by atoms with E-state index in [9.17, 15) is 14.4 Å². The maximum absolute atomic E-state index is 11.8. The SMILES string of the molecule is CCCOc1ccc(C(=O)OCC(=O)NC(=O)NC(C)C)cc1. The zero-order valence-electron chi connectivity index (χ0n) is 13.5. The highest BCUT2D eigenvalue weighted by molar-refractivity contribution is 5.97. The minimum absolute atomic E-state index is 0.0983. The summed E-state index contributed by atoms with van der Waals surface area (Å²) < 4.78 is 10.2.